The predicted molar refractivity (Wildman–Crippen MR) is 79.8 cm³/mol. The van der Waals surface area contributed by atoms with E-state index in [1.54, 1.807) is 0 Å². The van der Waals surface area contributed by atoms with E-state index in [9.17, 15) is 0 Å². The summed E-state index contributed by atoms with van der Waals surface area (Å²) in [5, 5.41) is 5.10. The zero-order valence-corrected chi connectivity index (χ0v) is 12.5. The Morgan fingerprint density at radius 2 is 2.06 bits per heavy atom. The summed E-state index contributed by atoms with van der Waals surface area (Å²) in [6.07, 6.45) is 4.81. The summed E-state index contributed by atoms with van der Waals surface area (Å²) in [6, 6.07) is 5.75. The SMILES string of the molecule is Clc1cccc(CNCC2CCCC(Cl)C2)c1Cl. The first-order valence-electron chi connectivity index (χ1n) is 6.44. The number of alkyl halides is 1. The van der Waals surface area contributed by atoms with Gasteiger partial charge in [0.25, 0.3) is 0 Å². The minimum Gasteiger partial charge on any atom is -0.312 e. The van der Waals surface area contributed by atoms with Crippen LogP contribution in [0, 0.1) is 5.92 Å². The van der Waals surface area contributed by atoms with Gasteiger partial charge in [0.1, 0.15) is 0 Å². The number of hydrogen-bond donors (Lipinski definition) is 1. The lowest BCUT2D eigenvalue weighted by Gasteiger charge is -2.25. The van der Waals surface area contributed by atoms with Crippen LogP contribution in [0.15, 0.2) is 18.2 Å². The molecule has 1 saturated carbocycles. The fraction of sp³-hybridized carbons (Fsp3) is 0.571. The van der Waals surface area contributed by atoms with Crippen molar-refractivity contribution in [1.82, 2.24) is 5.32 Å². The average Bonchev–Trinajstić information content (AvgIpc) is 2.35. The molecule has 2 unspecified atom stereocenters. The third kappa shape index (κ3) is 4.03. The highest BCUT2D eigenvalue weighted by Crippen LogP contribution is 2.28. The van der Waals surface area contributed by atoms with E-state index in [1.165, 1.54) is 12.8 Å². The molecule has 1 aromatic rings. The van der Waals surface area contributed by atoms with Gasteiger partial charge in [-0.1, -0.05) is 41.8 Å². The van der Waals surface area contributed by atoms with E-state index in [1.807, 2.05) is 18.2 Å². The average molecular weight is 307 g/mol. The van der Waals surface area contributed by atoms with Gasteiger partial charge in [-0.05, 0) is 43.4 Å². The van der Waals surface area contributed by atoms with Crippen LogP contribution in [-0.2, 0) is 6.54 Å². The molecule has 0 saturated heterocycles. The summed E-state index contributed by atoms with van der Waals surface area (Å²) in [7, 11) is 0. The molecule has 1 aromatic carbocycles. The molecule has 18 heavy (non-hydrogen) atoms. The lowest BCUT2D eigenvalue weighted by Crippen LogP contribution is -2.27. The van der Waals surface area contributed by atoms with Crippen molar-refractivity contribution in [1.29, 1.82) is 0 Å². The first kappa shape index (κ1) is 14.5. The molecule has 1 aliphatic carbocycles. The lowest BCUT2D eigenvalue weighted by molar-refractivity contribution is 0.346. The molecule has 0 radical (unpaired) electrons. The molecule has 0 bridgehead atoms. The van der Waals surface area contributed by atoms with Crippen molar-refractivity contribution in [2.45, 2.75) is 37.6 Å². The summed E-state index contributed by atoms with van der Waals surface area (Å²) in [4.78, 5) is 0. The Morgan fingerprint density at radius 1 is 1.22 bits per heavy atom. The molecular weight excluding hydrogens is 289 g/mol. The van der Waals surface area contributed by atoms with Gasteiger partial charge in [0.05, 0.1) is 10.0 Å². The minimum atomic E-state index is 0.361. The van der Waals surface area contributed by atoms with E-state index in [4.69, 9.17) is 34.8 Å². The number of rotatable bonds is 4. The van der Waals surface area contributed by atoms with Crippen molar-refractivity contribution in [3.63, 3.8) is 0 Å². The maximum absolute atomic E-state index is 6.19. The summed E-state index contributed by atoms with van der Waals surface area (Å²) in [5.74, 6) is 0.694. The molecule has 2 rings (SSSR count). The number of halogens is 3. The van der Waals surface area contributed by atoms with Gasteiger partial charge in [0.15, 0.2) is 0 Å². The first-order chi connectivity index (χ1) is 8.66. The zero-order valence-electron chi connectivity index (χ0n) is 10.3. The lowest BCUT2D eigenvalue weighted by atomic mass is 9.89. The molecule has 0 spiro atoms. The molecular formula is C14H18Cl3N. The Labute approximate surface area is 124 Å². The van der Waals surface area contributed by atoms with Crippen molar-refractivity contribution in [2.24, 2.45) is 5.92 Å². The molecule has 1 aliphatic rings. The Morgan fingerprint density at radius 3 is 2.83 bits per heavy atom. The monoisotopic (exact) mass is 305 g/mol. The van der Waals surface area contributed by atoms with Crippen LogP contribution in [0.5, 0.6) is 0 Å². The fourth-order valence-electron chi connectivity index (χ4n) is 2.51. The predicted octanol–water partition coefficient (Wildman–Crippen LogP) is 4.88. The molecule has 0 aromatic heterocycles. The second-order valence-corrected chi connectivity index (χ2v) is 6.38. The molecule has 4 heteroatoms. The van der Waals surface area contributed by atoms with Gasteiger partial charge in [0.2, 0.25) is 0 Å². The van der Waals surface area contributed by atoms with E-state index < -0.39 is 0 Å². The Bertz CT molecular complexity index is 395. The van der Waals surface area contributed by atoms with Crippen molar-refractivity contribution in [3.05, 3.63) is 33.8 Å². The Hall–Kier alpha value is 0.0500. The highest BCUT2D eigenvalue weighted by Gasteiger charge is 2.19. The molecule has 1 nitrogen and oxygen atoms in total. The van der Waals surface area contributed by atoms with Gasteiger partial charge < -0.3 is 5.32 Å². The maximum atomic E-state index is 6.19. The smallest absolute Gasteiger partial charge is 0.0637 e. The quantitative estimate of drug-likeness (QED) is 0.782. The van der Waals surface area contributed by atoms with Crippen LogP contribution in [0.4, 0.5) is 0 Å². The second-order valence-electron chi connectivity index (χ2n) is 4.97. The van der Waals surface area contributed by atoms with Crippen LogP contribution in [-0.4, -0.2) is 11.9 Å². The molecule has 1 N–H and O–H groups in total. The first-order valence-corrected chi connectivity index (χ1v) is 7.63. The normalized spacial score (nSPS) is 24.2. The van der Waals surface area contributed by atoms with Gasteiger partial charge in [-0.3, -0.25) is 0 Å². The number of benzene rings is 1. The van der Waals surface area contributed by atoms with Crippen LogP contribution in [0.1, 0.15) is 31.2 Å². The fourth-order valence-corrected chi connectivity index (χ4v) is 3.30. The van der Waals surface area contributed by atoms with Gasteiger partial charge in [0, 0.05) is 11.9 Å². The highest BCUT2D eigenvalue weighted by molar-refractivity contribution is 6.42. The van der Waals surface area contributed by atoms with Crippen LogP contribution >= 0.6 is 34.8 Å². The van der Waals surface area contributed by atoms with Crippen molar-refractivity contribution in [2.75, 3.05) is 6.54 Å². The molecule has 0 aliphatic heterocycles. The van der Waals surface area contributed by atoms with E-state index >= 15 is 0 Å². The highest BCUT2D eigenvalue weighted by atomic mass is 35.5. The van der Waals surface area contributed by atoms with Crippen LogP contribution in [0.25, 0.3) is 0 Å². The topological polar surface area (TPSA) is 12.0 Å². The Balaban J connectivity index is 1.79. The van der Waals surface area contributed by atoms with Crippen LogP contribution < -0.4 is 5.32 Å². The third-order valence-corrected chi connectivity index (χ3v) is 4.75. The van der Waals surface area contributed by atoms with Gasteiger partial charge in [-0.2, -0.15) is 0 Å². The third-order valence-electron chi connectivity index (χ3n) is 3.50. The van der Waals surface area contributed by atoms with Crippen LogP contribution in [0.3, 0.4) is 0 Å². The summed E-state index contributed by atoms with van der Waals surface area (Å²) < 4.78 is 0. The standard InChI is InChI=1S/C14H18Cl3N/c15-12-5-1-3-10(7-12)8-18-9-11-4-2-6-13(16)14(11)17/h2,4,6,10,12,18H,1,3,5,7-9H2. The van der Waals surface area contributed by atoms with Gasteiger partial charge in [-0.25, -0.2) is 0 Å². The molecule has 0 amide bonds. The molecule has 100 valence electrons. The summed E-state index contributed by atoms with van der Waals surface area (Å²) >= 11 is 18.3. The molecule has 0 heterocycles. The number of hydrogen-bond acceptors (Lipinski definition) is 1. The summed E-state index contributed by atoms with van der Waals surface area (Å²) in [5.41, 5.74) is 1.06. The van der Waals surface area contributed by atoms with Crippen molar-refractivity contribution < 1.29 is 0 Å². The van der Waals surface area contributed by atoms with E-state index in [2.05, 4.69) is 5.32 Å². The van der Waals surface area contributed by atoms with Crippen molar-refractivity contribution >= 4 is 34.8 Å². The largest absolute Gasteiger partial charge is 0.312 e. The molecule has 2 atom stereocenters. The van der Waals surface area contributed by atoms with E-state index in [0.717, 1.165) is 31.5 Å². The molecule has 1 fully saturated rings. The van der Waals surface area contributed by atoms with Gasteiger partial charge in [-0.15, -0.1) is 11.6 Å². The van der Waals surface area contributed by atoms with E-state index in [-0.39, 0.29) is 0 Å². The maximum Gasteiger partial charge on any atom is 0.0637 e. The second kappa shape index (κ2) is 7.00. The summed E-state index contributed by atoms with van der Waals surface area (Å²) in [6.45, 7) is 1.77. The number of nitrogens with one attached hydrogen (secondary N) is 1. The Kier molecular flexibility index (Phi) is 5.62. The zero-order chi connectivity index (χ0) is 13.0. The minimum absolute atomic E-state index is 0.361. The van der Waals surface area contributed by atoms with Gasteiger partial charge >= 0.3 is 0 Å². The van der Waals surface area contributed by atoms with Crippen LogP contribution in [0.2, 0.25) is 10.0 Å². The van der Waals surface area contributed by atoms with Crippen molar-refractivity contribution in [3.8, 4) is 0 Å². The van der Waals surface area contributed by atoms with E-state index in [0.29, 0.717) is 21.3 Å².